The number of carbonyl (C=O) groups is 1. The maximum Gasteiger partial charge on any atom is 0.326 e. The third kappa shape index (κ3) is 4.10. The second kappa shape index (κ2) is 8.21. The van der Waals surface area contributed by atoms with Crippen molar-refractivity contribution in [3.05, 3.63) is 70.4 Å². The molecule has 1 aliphatic rings. The molecule has 152 valence electrons. The van der Waals surface area contributed by atoms with Crippen molar-refractivity contribution >= 4 is 16.9 Å². The molecule has 6 nitrogen and oxygen atoms in total. The number of nitrogens with one attached hydrogen (secondary N) is 1. The Labute approximate surface area is 168 Å². The minimum atomic E-state index is -0.423. The Morgan fingerprint density at radius 3 is 2.59 bits per heavy atom. The number of piperidine rings is 1. The minimum Gasteiger partial charge on any atom is -0.342 e. The maximum absolute atomic E-state index is 13.8. The van der Waals surface area contributed by atoms with Crippen molar-refractivity contribution in [3.63, 3.8) is 0 Å². The summed E-state index contributed by atoms with van der Waals surface area (Å²) < 4.78 is 15.6. The second-order valence-electron chi connectivity index (χ2n) is 7.69. The average molecular weight is 396 g/mol. The molecular formula is C22H25FN4O2. The van der Waals surface area contributed by atoms with Crippen LogP contribution in [0.15, 0.2) is 53.3 Å². The molecule has 3 N–H and O–H groups in total. The van der Waals surface area contributed by atoms with E-state index < -0.39 is 6.04 Å². The Bertz CT molecular complexity index is 1070. The lowest BCUT2D eigenvalue weighted by atomic mass is 10.0. The summed E-state index contributed by atoms with van der Waals surface area (Å²) in [5.74, 6) is -0.307. The van der Waals surface area contributed by atoms with E-state index in [9.17, 15) is 14.0 Å². The highest BCUT2D eigenvalue weighted by Crippen LogP contribution is 2.25. The zero-order valence-electron chi connectivity index (χ0n) is 16.2. The van der Waals surface area contributed by atoms with Crippen molar-refractivity contribution in [2.75, 3.05) is 13.1 Å². The lowest BCUT2D eigenvalue weighted by Crippen LogP contribution is -2.42. The SMILES string of the molecule is N[C@@H](CC(=O)N1CCC(n2c(=O)[nH]c3ccccc32)CC1)Cc1ccccc1F. The highest BCUT2D eigenvalue weighted by molar-refractivity contribution is 5.77. The van der Waals surface area contributed by atoms with Gasteiger partial charge in [-0.2, -0.15) is 0 Å². The molecule has 0 saturated carbocycles. The lowest BCUT2D eigenvalue weighted by molar-refractivity contribution is -0.132. The van der Waals surface area contributed by atoms with Gasteiger partial charge in [0.2, 0.25) is 5.91 Å². The summed E-state index contributed by atoms with van der Waals surface area (Å²) >= 11 is 0. The number of imidazole rings is 1. The van der Waals surface area contributed by atoms with Crippen LogP contribution >= 0.6 is 0 Å². The van der Waals surface area contributed by atoms with Crippen LogP contribution < -0.4 is 11.4 Å². The number of likely N-dealkylation sites (tertiary alicyclic amines) is 1. The maximum atomic E-state index is 13.8. The molecule has 0 unspecified atom stereocenters. The van der Waals surface area contributed by atoms with Crippen LogP contribution in [0.3, 0.4) is 0 Å². The molecule has 1 atom stereocenters. The molecule has 0 aliphatic carbocycles. The molecule has 1 saturated heterocycles. The highest BCUT2D eigenvalue weighted by Gasteiger charge is 2.26. The number of nitrogens with zero attached hydrogens (tertiary/aromatic N) is 2. The number of amides is 1. The zero-order valence-corrected chi connectivity index (χ0v) is 16.2. The van der Waals surface area contributed by atoms with Crippen LogP contribution in [0.5, 0.6) is 0 Å². The number of benzene rings is 2. The van der Waals surface area contributed by atoms with Gasteiger partial charge < -0.3 is 15.6 Å². The summed E-state index contributed by atoms with van der Waals surface area (Å²) in [7, 11) is 0. The van der Waals surface area contributed by atoms with Gasteiger partial charge in [0.05, 0.1) is 11.0 Å². The van der Waals surface area contributed by atoms with E-state index in [-0.39, 0.29) is 29.9 Å². The molecule has 29 heavy (non-hydrogen) atoms. The molecular weight excluding hydrogens is 371 g/mol. The van der Waals surface area contributed by atoms with E-state index in [1.54, 1.807) is 27.7 Å². The van der Waals surface area contributed by atoms with Crippen LogP contribution in [-0.4, -0.2) is 39.5 Å². The number of carbonyl (C=O) groups excluding carboxylic acids is 1. The molecule has 2 aromatic carbocycles. The number of halogens is 1. The number of hydrogen-bond acceptors (Lipinski definition) is 3. The van der Waals surface area contributed by atoms with Gasteiger partial charge in [-0.1, -0.05) is 30.3 Å². The van der Waals surface area contributed by atoms with Crippen molar-refractivity contribution in [2.45, 2.75) is 37.8 Å². The first-order valence-corrected chi connectivity index (χ1v) is 9.99. The van der Waals surface area contributed by atoms with Crippen molar-refractivity contribution in [3.8, 4) is 0 Å². The lowest BCUT2D eigenvalue weighted by Gasteiger charge is -2.33. The monoisotopic (exact) mass is 396 g/mol. The van der Waals surface area contributed by atoms with Gasteiger partial charge in [-0.3, -0.25) is 9.36 Å². The Morgan fingerprint density at radius 1 is 1.14 bits per heavy atom. The quantitative estimate of drug-likeness (QED) is 0.695. The van der Waals surface area contributed by atoms with E-state index in [4.69, 9.17) is 5.73 Å². The number of para-hydroxylation sites is 2. The van der Waals surface area contributed by atoms with Crippen LogP contribution in [0, 0.1) is 5.82 Å². The molecule has 3 aromatic rings. The molecule has 0 bridgehead atoms. The van der Waals surface area contributed by atoms with Crippen LogP contribution in [0.2, 0.25) is 0 Å². The largest absolute Gasteiger partial charge is 0.342 e. The van der Waals surface area contributed by atoms with Crippen molar-refractivity contribution < 1.29 is 9.18 Å². The predicted octanol–water partition coefficient (Wildman–Crippen LogP) is 2.59. The highest BCUT2D eigenvalue weighted by atomic mass is 19.1. The van der Waals surface area contributed by atoms with Gasteiger partial charge in [0.15, 0.2) is 0 Å². The van der Waals surface area contributed by atoms with Crippen LogP contribution in [0.25, 0.3) is 11.0 Å². The normalized spacial score (nSPS) is 16.3. The molecule has 7 heteroatoms. The summed E-state index contributed by atoms with van der Waals surface area (Å²) in [5.41, 5.74) is 8.26. The van der Waals surface area contributed by atoms with Gasteiger partial charge in [-0.25, -0.2) is 9.18 Å². The first-order chi connectivity index (χ1) is 14.0. The van der Waals surface area contributed by atoms with Crippen molar-refractivity contribution in [2.24, 2.45) is 5.73 Å². The van der Waals surface area contributed by atoms with Crippen LogP contribution in [-0.2, 0) is 11.2 Å². The summed E-state index contributed by atoms with van der Waals surface area (Å²) in [5, 5.41) is 0. The fourth-order valence-electron chi connectivity index (χ4n) is 4.18. The fourth-order valence-corrected chi connectivity index (χ4v) is 4.18. The second-order valence-corrected chi connectivity index (χ2v) is 7.69. The van der Waals surface area contributed by atoms with Gasteiger partial charge in [-0.15, -0.1) is 0 Å². The molecule has 0 radical (unpaired) electrons. The minimum absolute atomic E-state index is 0.0152. The number of aromatic nitrogens is 2. The van der Waals surface area contributed by atoms with E-state index in [0.717, 1.165) is 23.9 Å². The number of H-pyrrole nitrogens is 1. The summed E-state index contributed by atoms with van der Waals surface area (Å²) in [6, 6.07) is 13.8. The smallest absolute Gasteiger partial charge is 0.326 e. The third-order valence-corrected chi connectivity index (χ3v) is 5.68. The molecule has 0 spiro atoms. The van der Waals surface area contributed by atoms with Gasteiger partial charge in [0.1, 0.15) is 5.82 Å². The molecule has 1 fully saturated rings. The first kappa shape index (κ1) is 19.4. The molecule has 1 amide bonds. The zero-order chi connectivity index (χ0) is 20.4. The molecule has 1 aliphatic heterocycles. The summed E-state index contributed by atoms with van der Waals surface area (Å²) in [6.07, 6.45) is 1.96. The topological polar surface area (TPSA) is 84.1 Å². The van der Waals surface area contributed by atoms with E-state index in [1.807, 2.05) is 24.3 Å². The Kier molecular flexibility index (Phi) is 5.49. The third-order valence-electron chi connectivity index (χ3n) is 5.68. The fraction of sp³-hybridized carbons (Fsp3) is 0.364. The van der Waals surface area contributed by atoms with Gasteiger partial charge in [-0.05, 0) is 43.0 Å². The van der Waals surface area contributed by atoms with E-state index in [1.165, 1.54) is 6.07 Å². The number of hydrogen-bond donors (Lipinski definition) is 2. The average Bonchev–Trinajstić information content (AvgIpc) is 3.05. The molecule has 1 aromatic heterocycles. The predicted molar refractivity (Wildman–Crippen MR) is 110 cm³/mol. The molecule has 2 heterocycles. The van der Waals surface area contributed by atoms with Crippen LogP contribution in [0.4, 0.5) is 4.39 Å². The molecule has 4 rings (SSSR count). The number of rotatable bonds is 5. The number of nitrogens with two attached hydrogens (primary N) is 1. The summed E-state index contributed by atoms with van der Waals surface area (Å²) in [6.45, 7) is 1.17. The van der Waals surface area contributed by atoms with Crippen molar-refractivity contribution in [1.29, 1.82) is 0 Å². The Morgan fingerprint density at radius 2 is 1.83 bits per heavy atom. The van der Waals surface area contributed by atoms with Gasteiger partial charge in [0, 0.05) is 31.6 Å². The van der Waals surface area contributed by atoms with Gasteiger partial charge >= 0.3 is 5.69 Å². The van der Waals surface area contributed by atoms with E-state index >= 15 is 0 Å². The van der Waals surface area contributed by atoms with Gasteiger partial charge in [0.25, 0.3) is 0 Å². The van der Waals surface area contributed by atoms with E-state index in [2.05, 4.69) is 4.98 Å². The standard InChI is InChI=1S/C22H25FN4O2/c23-18-6-2-1-5-15(18)13-16(24)14-21(28)26-11-9-17(10-12-26)27-20-8-4-3-7-19(20)25-22(27)29/h1-8,16-17H,9-14,24H2,(H,25,29)/t16-/m1/s1. The number of fused-ring (bicyclic) bond motifs is 1. The van der Waals surface area contributed by atoms with Crippen LogP contribution in [0.1, 0.15) is 30.9 Å². The summed E-state index contributed by atoms with van der Waals surface area (Å²) in [4.78, 5) is 29.7. The van der Waals surface area contributed by atoms with E-state index in [0.29, 0.717) is 25.1 Å². The number of aromatic amines is 1. The Hall–Kier alpha value is -2.93. The Balaban J connectivity index is 1.35. The first-order valence-electron chi connectivity index (χ1n) is 9.99. The van der Waals surface area contributed by atoms with Crippen molar-refractivity contribution in [1.82, 2.24) is 14.5 Å².